The fourth-order valence-electron chi connectivity index (χ4n) is 3.61. The van der Waals surface area contributed by atoms with Crippen molar-refractivity contribution >= 4 is 23.2 Å². The summed E-state index contributed by atoms with van der Waals surface area (Å²) >= 11 is 0. The van der Waals surface area contributed by atoms with Crippen LogP contribution >= 0.6 is 0 Å². The summed E-state index contributed by atoms with van der Waals surface area (Å²) < 4.78 is 0. The van der Waals surface area contributed by atoms with E-state index in [0.29, 0.717) is 5.56 Å². The van der Waals surface area contributed by atoms with Crippen LogP contribution in [-0.2, 0) is 11.2 Å². The Morgan fingerprint density at radius 2 is 1.79 bits per heavy atom. The molecule has 0 aromatic heterocycles. The number of nitrogens with zero attached hydrogens (tertiary/aromatic N) is 2. The van der Waals surface area contributed by atoms with Crippen molar-refractivity contribution in [3.63, 3.8) is 0 Å². The van der Waals surface area contributed by atoms with Gasteiger partial charge < -0.3 is 20.9 Å². The van der Waals surface area contributed by atoms with Gasteiger partial charge in [-0.05, 0) is 68.2 Å². The average Bonchev–Trinajstić information content (AvgIpc) is 2.73. The van der Waals surface area contributed by atoms with Crippen molar-refractivity contribution in [2.45, 2.75) is 19.3 Å². The fourth-order valence-corrected chi connectivity index (χ4v) is 3.61. The monoisotopic (exact) mass is 394 g/mol. The molecule has 6 nitrogen and oxygen atoms in total. The topological polar surface area (TPSA) is 78.7 Å². The Labute approximate surface area is 172 Å². The van der Waals surface area contributed by atoms with E-state index in [0.717, 1.165) is 50.3 Å². The molecule has 0 radical (unpaired) electrons. The first kappa shape index (κ1) is 20.9. The SMILES string of the molecule is CN(C)c1cccc(C(=O)Nc2ccc(CCN3CCC(C(N)=O)CC3)cc2)c1. The number of anilines is 2. The molecule has 154 valence electrons. The zero-order valence-electron chi connectivity index (χ0n) is 17.2. The first-order valence-corrected chi connectivity index (χ1v) is 10.1. The van der Waals surface area contributed by atoms with Crippen molar-refractivity contribution in [3.8, 4) is 0 Å². The minimum absolute atomic E-state index is 0.0348. The van der Waals surface area contributed by atoms with Gasteiger partial charge in [-0.3, -0.25) is 9.59 Å². The Morgan fingerprint density at radius 1 is 1.10 bits per heavy atom. The maximum absolute atomic E-state index is 12.5. The Bertz CT molecular complexity index is 840. The number of hydrogen-bond acceptors (Lipinski definition) is 4. The summed E-state index contributed by atoms with van der Waals surface area (Å²) in [6, 6.07) is 15.6. The van der Waals surface area contributed by atoms with Crippen LogP contribution in [0.15, 0.2) is 48.5 Å². The molecular weight excluding hydrogens is 364 g/mol. The quantitative estimate of drug-likeness (QED) is 0.757. The number of benzene rings is 2. The molecule has 29 heavy (non-hydrogen) atoms. The van der Waals surface area contributed by atoms with Crippen LogP contribution in [0.25, 0.3) is 0 Å². The largest absolute Gasteiger partial charge is 0.378 e. The Morgan fingerprint density at radius 3 is 2.41 bits per heavy atom. The molecule has 1 fully saturated rings. The molecule has 0 spiro atoms. The lowest BCUT2D eigenvalue weighted by molar-refractivity contribution is -0.123. The van der Waals surface area contributed by atoms with Crippen molar-refractivity contribution in [1.82, 2.24) is 4.90 Å². The van der Waals surface area contributed by atoms with Crippen molar-refractivity contribution < 1.29 is 9.59 Å². The molecule has 6 heteroatoms. The van der Waals surface area contributed by atoms with E-state index in [1.807, 2.05) is 55.4 Å². The van der Waals surface area contributed by atoms with E-state index < -0.39 is 0 Å². The lowest BCUT2D eigenvalue weighted by atomic mass is 9.96. The van der Waals surface area contributed by atoms with Gasteiger partial charge in [0.15, 0.2) is 0 Å². The summed E-state index contributed by atoms with van der Waals surface area (Å²) in [6.45, 7) is 2.82. The normalized spacial score (nSPS) is 15.1. The van der Waals surface area contributed by atoms with Crippen molar-refractivity contribution in [3.05, 3.63) is 59.7 Å². The van der Waals surface area contributed by atoms with E-state index in [9.17, 15) is 9.59 Å². The number of piperidine rings is 1. The fraction of sp³-hybridized carbons (Fsp3) is 0.391. The van der Waals surface area contributed by atoms with Gasteiger partial charge in [0.05, 0.1) is 0 Å². The van der Waals surface area contributed by atoms with Gasteiger partial charge in [0.25, 0.3) is 5.91 Å². The van der Waals surface area contributed by atoms with Gasteiger partial charge in [0.2, 0.25) is 5.91 Å². The molecule has 0 atom stereocenters. The van der Waals surface area contributed by atoms with Crippen molar-refractivity contribution in [2.24, 2.45) is 11.7 Å². The second-order valence-electron chi connectivity index (χ2n) is 7.86. The van der Waals surface area contributed by atoms with Crippen molar-refractivity contribution in [2.75, 3.05) is 43.9 Å². The third kappa shape index (κ3) is 5.81. The maximum Gasteiger partial charge on any atom is 0.255 e. The van der Waals surface area contributed by atoms with E-state index in [2.05, 4.69) is 22.3 Å². The summed E-state index contributed by atoms with van der Waals surface area (Å²) in [6.07, 6.45) is 2.66. The number of nitrogens with one attached hydrogen (secondary N) is 1. The third-order valence-electron chi connectivity index (χ3n) is 5.54. The van der Waals surface area contributed by atoms with Crippen LogP contribution in [0.5, 0.6) is 0 Å². The number of likely N-dealkylation sites (tertiary alicyclic amines) is 1. The van der Waals surface area contributed by atoms with Gasteiger partial charge in [0, 0.05) is 43.5 Å². The molecule has 2 aromatic carbocycles. The lowest BCUT2D eigenvalue weighted by Gasteiger charge is -2.30. The van der Waals surface area contributed by atoms with Crippen molar-refractivity contribution in [1.29, 1.82) is 0 Å². The molecule has 1 saturated heterocycles. The standard InChI is InChI=1S/C23H30N4O2/c1-26(2)21-5-3-4-19(16-21)23(29)25-20-8-6-17(7-9-20)10-13-27-14-11-18(12-15-27)22(24)28/h3-9,16,18H,10-15H2,1-2H3,(H2,24,28)(H,25,29). The van der Waals surface area contributed by atoms with Gasteiger partial charge in [-0.2, -0.15) is 0 Å². The lowest BCUT2D eigenvalue weighted by Crippen LogP contribution is -2.39. The smallest absolute Gasteiger partial charge is 0.255 e. The number of carbonyl (C=O) groups is 2. The molecule has 0 saturated carbocycles. The molecule has 2 amide bonds. The predicted octanol–water partition coefficient (Wildman–Crippen LogP) is 2.74. The molecule has 1 aliphatic heterocycles. The number of primary amides is 1. The van der Waals surface area contributed by atoms with Gasteiger partial charge in [-0.1, -0.05) is 18.2 Å². The summed E-state index contributed by atoms with van der Waals surface area (Å²) in [5.74, 6) is -0.248. The highest BCUT2D eigenvalue weighted by molar-refractivity contribution is 6.04. The summed E-state index contributed by atoms with van der Waals surface area (Å²) in [5, 5.41) is 2.96. The number of hydrogen-bond donors (Lipinski definition) is 2. The Kier molecular flexibility index (Phi) is 6.88. The number of carbonyl (C=O) groups excluding carboxylic acids is 2. The van der Waals surface area contributed by atoms with Crippen LogP contribution in [0.2, 0.25) is 0 Å². The molecule has 2 aromatic rings. The number of amides is 2. The molecule has 3 rings (SSSR count). The summed E-state index contributed by atoms with van der Waals surface area (Å²) in [7, 11) is 3.91. The van der Waals surface area contributed by atoms with Crippen LogP contribution < -0.4 is 16.0 Å². The highest BCUT2D eigenvalue weighted by atomic mass is 16.2. The molecule has 0 aliphatic carbocycles. The molecule has 1 aliphatic rings. The van der Waals surface area contributed by atoms with Crippen LogP contribution in [0, 0.1) is 5.92 Å². The van der Waals surface area contributed by atoms with Gasteiger partial charge in [0.1, 0.15) is 0 Å². The third-order valence-corrected chi connectivity index (χ3v) is 5.54. The van der Waals surface area contributed by atoms with E-state index in [1.165, 1.54) is 5.56 Å². The highest BCUT2D eigenvalue weighted by Crippen LogP contribution is 2.18. The second-order valence-corrected chi connectivity index (χ2v) is 7.86. The number of rotatable bonds is 7. The minimum Gasteiger partial charge on any atom is -0.378 e. The molecule has 1 heterocycles. The summed E-state index contributed by atoms with van der Waals surface area (Å²) in [5.41, 5.74) is 9.05. The first-order valence-electron chi connectivity index (χ1n) is 10.1. The zero-order chi connectivity index (χ0) is 20.8. The van der Waals surface area contributed by atoms with Gasteiger partial charge in [-0.25, -0.2) is 0 Å². The van der Waals surface area contributed by atoms with Crippen LogP contribution in [0.3, 0.4) is 0 Å². The second kappa shape index (κ2) is 9.56. The Hall–Kier alpha value is -2.86. The van der Waals surface area contributed by atoms with E-state index >= 15 is 0 Å². The molecular formula is C23H30N4O2. The first-order chi connectivity index (χ1) is 13.9. The predicted molar refractivity (Wildman–Crippen MR) is 117 cm³/mol. The van der Waals surface area contributed by atoms with Gasteiger partial charge in [-0.15, -0.1) is 0 Å². The minimum atomic E-state index is -0.171. The number of nitrogens with two attached hydrogens (primary N) is 1. The van der Waals surface area contributed by atoms with E-state index in [1.54, 1.807) is 0 Å². The molecule has 3 N–H and O–H groups in total. The summed E-state index contributed by atoms with van der Waals surface area (Å²) in [4.78, 5) is 28.1. The van der Waals surface area contributed by atoms with Gasteiger partial charge >= 0.3 is 0 Å². The van der Waals surface area contributed by atoms with Crippen LogP contribution in [0.1, 0.15) is 28.8 Å². The van der Waals surface area contributed by atoms with Crippen LogP contribution in [-0.4, -0.2) is 50.4 Å². The zero-order valence-corrected chi connectivity index (χ0v) is 17.2. The van der Waals surface area contributed by atoms with Crippen LogP contribution in [0.4, 0.5) is 11.4 Å². The average molecular weight is 395 g/mol. The Balaban J connectivity index is 1.49. The molecule has 0 bridgehead atoms. The van der Waals surface area contributed by atoms with E-state index in [4.69, 9.17) is 5.73 Å². The molecule has 0 unspecified atom stereocenters. The maximum atomic E-state index is 12.5. The van der Waals surface area contributed by atoms with E-state index in [-0.39, 0.29) is 17.7 Å². The highest BCUT2D eigenvalue weighted by Gasteiger charge is 2.22.